The molecule has 1 aromatic heterocycles. The maximum Gasteiger partial charge on any atom is 0.300 e. The minimum atomic E-state index is -0.637. The first-order chi connectivity index (χ1) is 10.0. The first-order valence-electron chi connectivity index (χ1n) is 5.90. The van der Waals surface area contributed by atoms with Gasteiger partial charge in [0.05, 0.1) is 4.92 Å². The van der Waals surface area contributed by atoms with Crippen LogP contribution in [0.2, 0.25) is 0 Å². The highest BCUT2D eigenvalue weighted by molar-refractivity contribution is 9.10. The summed E-state index contributed by atoms with van der Waals surface area (Å²) in [4.78, 5) is 26.4. The summed E-state index contributed by atoms with van der Waals surface area (Å²) in [7, 11) is 1.62. The molecule has 0 atom stereocenters. The van der Waals surface area contributed by atoms with Crippen molar-refractivity contribution in [1.82, 2.24) is 4.98 Å². The van der Waals surface area contributed by atoms with Gasteiger partial charge >= 0.3 is 0 Å². The summed E-state index contributed by atoms with van der Waals surface area (Å²) in [5, 5.41) is 16.3. The fourth-order valence-electron chi connectivity index (χ4n) is 1.68. The molecule has 0 saturated carbocycles. The highest BCUT2D eigenvalue weighted by atomic mass is 79.9. The quantitative estimate of drug-likeness (QED) is 0.652. The van der Waals surface area contributed by atoms with Crippen LogP contribution in [0.5, 0.6) is 0 Å². The molecule has 0 fully saturated rings. The van der Waals surface area contributed by atoms with Gasteiger partial charge in [0.25, 0.3) is 11.6 Å². The zero-order chi connectivity index (χ0) is 15.4. The number of nitrogens with zero attached hydrogens (tertiary/aromatic N) is 2. The predicted molar refractivity (Wildman–Crippen MR) is 82.5 cm³/mol. The number of benzene rings is 1. The molecular weight excluding hydrogens is 340 g/mol. The van der Waals surface area contributed by atoms with E-state index in [9.17, 15) is 14.9 Å². The molecule has 21 heavy (non-hydrogen) atoms. The summed E-state index contributed by atoms with van der Waals surface area (Å²) < 4.78 is 0.792. The van der Waals surface area contributed by atoms with E-state index in [2.05, 4.69) is 31.5 Å². The Kier molecular flexibility index (Phi) is 4.49. The molecule has 0 radical (unpaired) electrons. The molecule has 0 aliphatic rings. The smallest absolute Gasteiger partial charge is 0.300 e. The number of rotatable bonds is 4. The summed E-state index contributed by atoms with van der Waals surface area (Å²) >= 11 is 3.29. The van der Waals surface area contributed by atoms with E-state index in [1.807, 2.05) is 6.07 Å². The van der Waals surface area contributed by atoms with Gasteiger partial charge in [-0.15, -0.1) is 0 Å². The third-order valence-corrected chi connectivity index (χ3v) is 3.16. The molecule has 0 spiro atoms. The minimum absolute atomic E-state index is 0.0562. The average molecular weight is 351 g/mol. The molecule has 0 aliphatic heterocycles. The van der Waals surface area contributed by atoms with Crippen LogP contribution in [-0.4, -0.2) is 22.9 Å². The molecule has 0 unspecified atom stereocenters. The number of nitrogens with one attached hydrogen (secondary N) is 2. The predicted octanol–water partition coefficient (Wildman–Crippen LogP) is 3.05. The third kappa shape index (κ3) is 3.54. The summed E-state index contributed by atoms with van der Waals surface area (Å²) in [6, 6.07) is 8.29. The lowest BCUT2D eigenvalue weighted by atomic mass is 10.2. The third-order valence-electron chi connectivity index (χ3n) is 2.66. The van der Waals surface area contributed by atoms with Crippen LogP contribution in [0.15, 0.2) is 41.0 Å². The molecular formula is C13H11BrN4O3. The van der Waals surface area contributed by atoms with Gasteiger partial charge in [0.1, 0.15) is 17.6 Å². The molecule has 2 N–H and O–H groups in total. The van der Waals surface area contributed by atoms with Crippen molar-refractivity contribution in [2.24, 2.45) is 0 Å². The van der Waals surface area contributed by atoms with Gasteiger partial charge in [0.15, 0.2) is 0 Å². The summed E-state index contributed by atoms with van der Waals surface area (Å²) in [6.07, 6.45) is 1.06. The number of hydrogen-bond donors (Lipinski definition) is 2. The second-order valence-corrected chi connectivity index (χ2v) is 4.97. The van der Waals surface area contributed by atoms with E-state index in [0.717, 1.165) is 10.7 Å². The lowest BCUT2D eigenvalue weighted by molar-refractivity contribution is -0.385. The Balaban J connectivity index is 2.35. The van der Waals surface area contributed by atoms with E-state index in [0.29, 0.717) is 11.5 Å². The van der Waals surface area contributed by atoms with Gasteiger partial charge in [-0.05, 0) is 18.2 Å². The van der Waals surface area contributed by atoms with Crippen LogP contribution in [0.3, 0.4) is 0 Å². The number of aromatic nitrogens is 1. The van der Waals surface area contributed by atoms with E-state index in [4.69, 9.17) is 0 Å². The number of anilines is 2. The molecule has 2 aromatic rings. The maximum absolute atomic E-state index is 12.2. The van der Waals surface area contributed by atoms with Crippen molar-refractivity contribution < 1.29 is 9.72 Å². The molecule has 0 aliphatic carbocycles. The van der Waals surface area contributed by atoms with Crippen LogP contribution < -0.4 is 10.6 Å². The summed E-state index contributed by atoms with van der Waals surface area (Å²) in [5.41, 5.74) is 0.132. The van der Waals surface area contributed by atoms with Gasteiger partial charge in [-0.25, -0.2) is 4.98 Å². The molecule has 7 nitrogen and oxygen atoms in total. The van der Waals surface area contributed by atoms with Crippen molar-refractivity contribution in [3.8, 4) is 0 Å². The number of halogens is 1. The van der Waals surface area contributed by atoms with Crippen molar-refractivity contribution in [3.05, 3.63) is 56.7 Å². The molecule has 1 heterocycles. The minimum Gasteiger partial charge on any atom is -0.373 e. The summed E-state index contributed by atoms with van der Waals surface area (Å²) in [6.45, 7) is 0. The monoisotopic (exact) mass is 350 g/mol. The van der Waals surface area contributed by atoms with E-state index >= 15 is 0 Å². The Labute approximate surface area is 128 Å². The Bertz CT molecular complexity index is 706. The van der Waals surface area contributed by atoms with Crippen LogP contribution in [0.4, 0.5) is 17.2 Å². The second kappa shape index (κ2) is 6.31. The largest absolute Gasteiger partial charge is 0.373 e. The zero-order valence-corrected chi connectivity index (χ0v) is 12.5. The van der Waals surface area contributed by atoms with Crippen LogP contribution in [0, 0.1) is 10.1 Å². The molecule has 1 amide bonds. The topological polar surface area (TPSA) is 97.2 Å². The number of carbonyl (C=O) groups excluding carboxylic acids is 1. The van der Waals surface area contributed by atoms with Gasteiger partial charge < -0.3 is 10.6 Å². The first kappa shape index (κ1) is 14.9. The lowest BCUT2D eigenvalue weighted by Crippen LogP contribution is -2.14. The van der Waals surface area contributed by atoms with Crippen molar-refractivity contribution in [1.29, 1.82) is 0 Å². The fourth-order valence-corrected chi connectivity index (χ4v) is 2.08. The zero-order valence-electron chi connectivity index (χ0n) is 11.0. The highest BCUT2D eigenvalue weighted by Crippen LogP contribution is 2.22. The average Bonchev–Trinajstić information content (AvgIpc) is 2.46. The highest BCUT2D eigenvalue weighted by Gasteiger charge is 2.21. The Morgan fingerprint density at radius 3 is 2.76 bits per heavy atom. The molecule has 0 bridgehead atoms. The summed E-state index contributed by atoms with van der Waals surface area (Å²) in [5.74, 6) is -0.196. The van der Waals surface area contributed by atoms with E-state index in [1.165, 1.54) is 6.07 Å². The fraction of sp³-hybridized carbons (Fsp3) is 0.0769. The maximum atomic E-state index is 12.2. The number of amides is 1. The molecule has 0 saturated heterocycles. The Morgan fingerprint density at radius 2 is 2.14 bits per heavy atom. The van der Waals surface area contributed by atoms with E-state index < -0.39 is 10.8 Å². The van der Waals surface area contributed by atoms with Crippen LogP contribution in [0.25, 0.3) is 0 Å². The number of pyridine rings is 1. The molecule has 1 aromatic carbocycles. The molecule has 108 valence electrons. The normalized spacial score (nSPS) is 10.0. The van der Waals surface area contributed by atoms with Crippen LogP contribution >= 0.6 is 15.9 Å². The lowest BCUT2D eigenvalue weighted by Gasteiger charge is -2.07. The van der Waals surface area contributed by atoms with Crippen molar-refractivity contribution in [2.45, 2.75) is 0 Å². The number of nitro groups is 1. The molecule has 8 heteroatoms. The Morgan fingerprint density at radius 1 is 1.38 bits per heavy atom. The van der Waals surface area contributed by atoms with Gasteiger partial charge in [0.2, 0.25) is 0 Å². The Hall–Kier alpha value is -2.48. The standard InChI is InChI=1S/C13H11BrN4O3/c1-15-12-6-10(11(7-16-12)18(20)21)13(19)17-9-4-2-3-8(14)5-9/h2-7H,1H3,(H,15,16)(H,17,19). The SMILES string of the molecule is CNc1cc(C(=O)Nc2cccc(Br)c2)c([N+](=O)[O-])cn1. The second-order valence-electron chi connectivity index (χ2n) is 4.06. The van der Waals surface area contributed by atoms with Crippen molar-refractivity contribution >= 4 is 39.0 Å². The van der Waals surface area contributed by atoms with Gasteiger partial charge in [-0.3, -0.25) is 14.9 Å². The molecule has 2 rings (SSSR count). The van der Waals surface area contributed by atoms with E-state index in [-0.39, 0.29) is 11.3 Å². The van der Waals surface area contributed by atoms with Crippen molar-refractivity contribution in [3.63, 3.8) is 0 Å². The van der Waals surface area contributed by atoms with Gasteiger partial charge in [-0.1, -0.05) is 22.0 Å². The van der Waals surface area contributed by atoms with E-state index in [1.54, 1.807) is 25.2 Å². The number of hydrogen-bond acceptors (Lipinski definition) is 5. The van der Waals surface area contributed by atoms with Crippen LogP contribution in [-0.2, 0) is 0 Å². The number of carbonyl (C=O) groups is 1. The van der Waals surface area contributed by atoms with Crippen molar-refractivity contribution in [2.75, 3.05) is 17.7 Å². The first-order valence-corrected chi connectivity index (χ1v) is 6.69. The van der Waals surface area contributed by atoms with Gasteiger partial charge in [0, 0.05) is 23.3 Å². The van der Waals surface area contributed by atoms with Gasteiger partial charge in [-0.2, -0.15) is 0 Å². The van der Waals surface area contributed by atoms with Crippen LogP contribution in [0.1, 0.15) is 10.4 Å².